The van der Waals surface area contributed by atoms with Crippen LogP contribution in [0.3, 0.4) is 0 Å². The van der Waals surface area contributed by atoms with Crippen LogP contribution in [0.15, 0.2) is 0 Å². The molecule has 0 radical (unpaired) electrons. The molecule has 0 aliphatic heterocycles. The van der Waals surface area contributed by atoms with Crippen molar-refractivity contribution < 1.29 is 23.9 Å². The zero-order valence-corrected chi connectivity index (χ0v) is 12.7. The summed E-state index contributed by atoms with van der Waals surface area (Å²) in [5, 5.41) is 4.48. The number of fused-ring (bicyclic) bond motifs is 2. The Morgan fingerprint density at radius 2 is 1.82 bits per heavy atom. The minimum atomic E-state index is -0.661. The second-order valence-corrected chi connectivity index (χ2v) is 5.91. The Labute approximate surface area is 129 Å². The summed E-state index contributed by atoms with van der Waals surface area (Å²) in [5.74, 6) is -1.21. The molecule has 0 spiro atoms. The highest BCUT2D eigenvalue weighted by Crippen LogP contribution is 2.40. The predicted octanol–water partition coefficient (Wildman–Crippen LogP) is 0.771. The largest absolute Gasteiger partial charge is 0.455 e. The molecule has 1 unspecified atom stereocenters. The van der Waals surface area contributed by atoms with E-state index in [9.17, 15) is 19.2 Å². The predicted molar refractivity (Wildman–Crippen MR) is 76.7 cm³/mol. The standard InChI is InChI=1S/C15H22N2O5/c1-2-16-15(21)17-12(18)8-22-14(20)11-6-9-4-3-5-10(7-11)13(9)19/h9-11H,2-8H2,1H3,(H2,16,17,18,21)/t9-,10+,11?. The number of nitrogens with one attached hydrogen (secondary N) is 2. The van der Waals surface area contributed by atoms with E-state index in [1.54, 1.807) is 6.92 Å². The Balaban J connectivity index is 1.77. The summed E-state index contributed by atoms with van der Waals surface area (Å²) in [6, 6.07) is -0.610. The molecule has 2 saturated carbocycles. The molecule has 2 rings (SSSR count). The quantitative estimate of drug-likeness (QED) is 0.747. The zero-order valence-electron chi connectivity index (χ0n) is 12.7. The zero-order chi connectivity index (χ0) is 16.1. The number of ketones is 1. The van der Waals surface area contributed by atoms with E-state index in [0.29, 0.717) is 19.4 Å². The summed E-state index contributed by atoms with van der Waals surface area (Å²) in [4.78, 5) is 46.6. The molecule has 2 aliphatic rings. The van der Waals surface area contributed by atoms with Crippen molar-refractivity contribution >= 4 is 23.7 Å². The smallest absolute Gasteiger partial charge is 0.321 e. The second kappa shape index (κ2) is 7.38. The van der Waals surface area contributed by atoms with Crippen LogP contribution < -0.4 is 10.6 Å². The number of esters is 1. The van der Waals surface area contributed by atoms with Crippen molar-refractivity contribution in [2.24, 2.45) is 17.8 Å². The number of imide groups is 1. The Hall–Kier alpha value is -1.92. The fourth-order valence-electron chi connectivity index (χ4n) is 3.29. The van der Waals surface area contributed by atoms with E-state index in [0.717, 1.165) is 19.3 Å². The Kier molecular flexibility index (Phi) is 5.51. The number of hydrogen-bond donors (Lipinski definition) is 2. The Bertz CT molecular complexity index is 461. The molecule has 2 bridgehead atoms. The third kappa shape index (κ3) is 4.05. The van der Waals surface area contributed by atoms with Gasteiger partial charge in [-0.3, -0.25) is 19.7 Å². The third-order valence-electron chi connectivity index (χ3n) is 4.32. The van der Waals surface area contributed by atoms with Gasteiger partial charge in [-0.1, -0.05) is 6.42 Å². The number of carbonyl (C=O) groups is 4. The van der Waals surface area contributed by atoms with Crippen LogP contribution >= 0.6 is 0 Å². The van der Waals surface area contributed by atoms with E-state index in [2.05, 4.69) is 10.6 Å². The fourth-order valence-corrected chi connectivity index (χ4v) is 3.29. The molecule has 7 nitrogen and oxygen atoms in total. The first-order valence-corrected chi connectivity index (χ1v) is 7.79. The van der Waals surface area contributed by atoms with Gasteiger partial charge in [-0.15, -0.1) is 0 Å². The number of urea groups is 1. The van der Waals surface area contributed by atoms with Crippen molar-refractivity contribution in [1.82, 2.24) is 10.6 Å². The van der Waals surface area contributed by atoms with Crippen LogP contribution in [0.25, 0.3) is 0 Å². The van der Waals surface area contributed by atoms with Crippen molar-refractivity contribution in [3.63, 3.8) is 0 Å². The van der Waals surface area contributed by atoms with E-state index >= 15 is 0 Å². The Morgan fingerprint density at radius 3 is 2.41 bits per heavy atom. The van der Waals surface area contributed by atoms with Crippen molar-refractivity contribution in [2.45, 2.75) is 39.0 Å². The highest BCUT2D eigenvalue weighted by Gasteiger charge is 2.41. The van der Waals surface area contributed by atoms with Gasteiger partial charge in [0.1, 0.15) is 5.78 Å². The van der Waals surface area contributed by atoms with Gasteiger partial charge in [0.15, 0.2) is 6.61 Å². The summed E-state index contributed by atoms with van der Waals surface area (Å²) >= 11 is 0. The van der Waals surface area contributed by atoms with Crippen molar-refractivity contribution in [1.29, 1.82) is 0 Å². The molecule has 2 aliphatic carbocycles. The highest BCUT2D eigenvalue weighted by atomic mass is 16.5. The molecular formula is C15H22N2O5. The van der Waals surface area contributed by atoms with Crippen LogP contribution in [0.1, 0.15) is 39.0 Å². The summed E-state index contributed by atoms with van der Waals surface area (Å²) in [6.45, 7) is 1.65. The lowest BCUT2D eigenvalue weighted by Crippen LogP contribution is -2.42. The highest BCUT2D eigenvalue weighted by molar-refractivity contribution is 5.95. The van der Waals surface area contributed by atoms with Crippen LogP contribution in [0.2, 0.25) is 0 Å². The maximum absolute atomic E-state index is 12.0. The van der Waals surface area contributed by atoms with E-state index in [1.807, 2.05) is 0 Å². The van der Waals surface area contributed by atoms with Crippen LogP contribution in [0, 0.1) is 17.8 Å². The van der Waals surface area contributed by atoms with Crippen LogP contribution in [0.4, 0.5) is 4.79 Å². The molecule has 3 amide bonds. The van der Waals surface area contributed by atoms with Crippen LogP contribution in [-0.4, -0.2) is 36.8 Å². The SMILES string of the molecule is CCNC(=O)NC(=O)COC(=O)C1C[C@H]2CCC[C@@H](C1)C2=O. The lowest BCUT2D eigenvalue weighted by Gasteiger charge is -2.36. The molecule has 2 fully saturated rings. The average Bonchev–Trinajstić information content (AvgIpc) is 2.44. The minimum absolute atomic E-state index is 0.0331. The molecule has 0 heterocycles. The van der Waals surface area contributed by atoms with Gasteiger partial charge < -0.3 is 10.1 Å². The van der Waals surface area contributed by atoms with E-state index in [1.165, 1.54) is 0 Å². The number of rotatable bonds is 4. The first-order chi connectivity index (χ1) is 10.5. The molecule has 2 N–H and O–H groups in total. The number of Topliss-reactive ketones (excluding diaryl/α,β-unsaturated/α-hetero) is 1. The van der Waals surface area contributed by atoms with Crippen LogP contribution in [-0.2, 0) is 19.1 Å². The van der Waals surface area contributed by atoms with Crippen molar-refractivity contribution in [2.75, 3.05) is 13.2 Å². The van der Waals surface area contributed by atoms with Crippen molar-refractivity contribution in [3.05, 3.63) is 0 Å². The normalized spacial score (nSPS) is 27.0. The molecular weight excluding hydrogens is 288 g/mol. The molecule has 0 saturated heterocycles. The average molecular weight is 310 g/mol. The van der Waals surface area contributed by atoms with Gasteiger partial charge in [-0.05, 0) is 32.6 Å². The number of ether oxygens (including phenoxy) is 1. The maximum Gasteiger partial charge on any atom is 0.321 e. The topological polar surface area (TPSA) is 102 Å². The van der Waals surface area contributed by atoms with E-state index in [4.69, 9.17) is 4.74 Å². The number of amides is 3. The van der Waals surface area contributed by atoms with Gasteiger partial charge in [0.25, 0.3) is 5.91 Å². The molecule has 0 aromatic heterocycles. The molecule has 122 valence electrons. The number of carbonyl (C=O) groups excluding carboxylic acids is 4. The Morgan fingerprint density at radius 1 is 1.18 bits per heavy atom. The van der Waals surface area contributed by atoms with E-state index in [-0.39, 0.29) is 23.5 Å². The first-order valence-electron chi connectivity index (χ1n) is 7.79. The van der Waals surface area contributed by atoms with Gasteiger partial charge in [0.2, 0.25) is 0 Å². The van der Waals surface area contributed by atoms with Gasteiger partial charge in [-0.2, -0.15) is 0 Å². The summed E-state index contributed by atoms with van der Waals surface area (Å²) in [5.41, 5.74) is 0. The van der Waals surface area contributed by atoms with Crippen LogP contribution in [0.5, 0.6) is 0 Å². The molecule has 3 atom stereocenters. The summed E-state index contributed by atoms with van der Waals surface area (Å²) in [6.07, 6.45) is 3.77. The third-order valence-corrected chi connectivity index (χ3v) is 4.32. The van der Waals surface area contributed by atoms with Gasteiger partial charge in [-0.25, -0.2) is 4.79 Å². The second-order valence-electron chi connectivity index (χ2n) is 5.91. The number of hydrogen-bond acceptors (Lipinski definition) is 5. The molecule has 22 heavy (non-hydrogen) atoms. The first kappa shape index (κ1) is 16.5. The van der Waals surface area contributed by atoms with Gasteiger partial charge in [0.05, 0.1) is 5.92 Å². The summed E-state index contributed by atoms with van der Waals surface area (Å²) in [7, 11) is 0. The van der Waals surface area contributed by atoms with Crippen molar-refractivity contribution in [3.8, 4) is 0 Å². The lowest BCUT2D eigenvalue weighted by atomic mass is 9.67. The maximum atomic E-state index is 12.0. The van der Waals surface area contributed by atoms with Gasteiger partial charge in [0, 0.05) is 18.4 Å². The minimum Gasteiger partial charge on any atom is -0.455 e. The van der Waals surface area contributed by atoms with E-state index < -0.39 is 24.5 Å². The fraction of sp³-hybridized carbons (Fsp3) is 0.733. The molecule has 7 heteroatoms. The monoisotopic (exact) mass is 310 g/mol. The molecule has 0 aromatic rings. The van der Waals surface area contributed by atoms with Gasteiger partial charge >= 0.3 is 12.0 Å². The lowest BCUT2D eigenvalue weighted by molar-refractivity contribution is -0.156. The molecule has 0 aromatic carbocycles. The summed E-state index contributed by atoms with van der Waals surface area (Å²) < 4.78 is 4.98.